The number of hydrogen-bond donors (Lipinski definition) is 2. The average molecular weight is 210 g/mol. The first-order valence-electron chi connectivity index (χ1n) is 4.95. The van der Waals surface area contributed by atoms with Crippen LogP contribution in [0.15, 0.2) is 12.3 Å². The molecule has 2 heterocycles. The third-order valence-corrected chi connectivity index (χ3v) is 3.37. The van der Waals surface area contributed by atoms with Gasteiger partial charge in [0.25, 0.3) is 0 Å². The first-order chi connectivity index (χ1) is 6.77. The quantitative estimate of drug-likeness (QED) is 0.690. The van der Waals surface area contributed by atoms with E-state index >= 15 is 0 Å². The van der Waals surface area contributed by atoms with Crippen LogP contribution in [0.4, 0.5) is 11.5 Å². The molecule has 0 amide bonds. The molecule has 1 aliphatic heterocycles. The van der Waals surface area contributed by atoms with Crippen LogP contribution in [0.5, 0.6) is 0 Å². The fraction of sp³-hybridized carbons (Fsp3) is 0.500. The summed E-state index contributed by atoms with van der Waals surface area (Å²) in [6.45, 7) is 0.988. The molecule has 0 radical (unpaired) electrons. The van der Waals surface area contributed by atoms with Gasteiger partial charge in [0.05, 0.1) is 16.2 Å². The first-order valence-corrected chi connectivity index (χ1v) is 5.33. The number of hydrogen-bond acceptors (Lipinski definition) is 3. The van der Waals surface area contributed by atoms with Crippen molar-refractivity contribution < 1.29 is 0 Å². The van der Waals surface area contributed by atoms with E-state index in [9.17, 15) is 0 Å². The monoisotopic (exact) mass is 209 g/mol. The lowest BCUT2D eigenvalue weighted by atomic mass is 9.76. The van der Waals surface area contributed by atoms with Crippen LogP contribution in [0.2, 0.25) is 5.02 Å². The molecule has 0 unspecified atom stereocenters. The molecule has 2 aliphatic rings. The predicted octanol–water partition coefficient (Wildman–Crippen LogP) is 2.50. The van der Waals surface area contributed by atoms with Crippen molar-refractivity contribution in [1.29, 1.82) is 0 Å². The number of nitrogens with one attached hydrogen (secondary N) is 2. The lowest BCUT2D eigenvalue weighted by Crippen LogP contribution is -2.53. The largest absolute Gasteiger partial charge is 0.380 e. The Morgan fingerprint density at radius 1 is 1.43 bits per heavy atom. The summed E-state index contributed by atoms with van der Waals surface area (Å²) in [5.74, 6) is 0.945. The second kappa shape index (κ2) is 2.76. The van der Waals surface area contributed by atoms with E-state index in [-0.39, 0.29) is 5.54 Å². The number of anilines is 2. The van der Waals surface area contributed by atoms with Crippen molar-refractivity contribution >= 4 is 23.1 Å². The molecular weight excluding hydrogens is 198 g/mol. The topological polar surface area (TPSA) is 37.0 Å². The van der Waals surface area contributed by atoms with Gasteiger partial charge in [-0.15, -0.1) is 0 Å². The van der Waals surface area contributed by atoms with Crippen LogP contribution in [0.25, 0.3) is 0 Å². The Morgan fingerprint density at radius 3 is 3.00 bits per heavy atom. The summed E-state index contributed by atoms with van der Waals surface area (Å²) in [4.78, 5) is 4.29. The summed E-state index contributed by atoms with van der Waals surface area (Å²) in [5, 5.41) is 7.57. The smallest absolute Gasteiger partial charge is 0.149 e. The van der Waals surface area contributed by atoms with Gasteiger partial charge in [-0.25, -0.2) is 4.98 Å². The maximum Gasteiger partial charge on any atom is 0.149 e. The molecule has 0 saturated heterocycles. The highest BCUT2D eigenvalue weighted by Crippen LogP contribution is 2.40. The number of rotatable bonds is 0. The number of aromatic nitrogens is 1. The van der Waals surface area contributed by atoms with Gasteiger partial charge < -0.3 is 10.6 Å². The molecule has 1 aromatic rings. The highest BCUT2D eigenvalue weighted by molar-refractivity contribution is 6.30. The zero-order valence-electron chi connectivity index (χ0n) is 7.81. The summed E-state index contributed by atoms with van der Waals surface area (Å²) in [5.41, 5.74) is 1.29. The molecule has 0 bridgehead atoms. The highest BCUT2D eigenvalue weighted by Gasteiger charge is 2.39. The van der Waals surface area contributed by atoms with E-state index in [1.54, 1.807) is 6.20 Å². The normalized spacial score (nSPS) is 21.8. The minimum Gasteiger partial charge on any atom is -0.380 e. The van der Waals surface area contributed by atoms with Gasteiger partial charge in [0.2, 0.25) is 0 Å². The molecule has 1 spiro atoms. The fourth-order valence-electron chi connectivity index (χ4n) is 2.14. The van der Waals surface area contributed by atoms with Crippen LogP contribution >= 0.6 is 11.6 Å². The second-order valence-corrected chi connectivity index (χ2v) is 4.60. The Bertz CT molecular complexity index is 374. The van der Waals surface area contributed by atoms with E-state index in [4.69, 9.17) is 11.6 Å². The molecule has 3 nitrogen and oxygen atoms in total. The van der Waals surface area contributed by atoms with Crippen molar-refractivity contribution in [3.05, 3.63) is 17.3 Å². The SMILES string of the molecule is Clc1cnc2c(c1)NCC1(CCC1)N2. The van der Waals surface area contributed by atoms with Crippen LogP contribution in [-0.4, -0.2) is 17.1 Å². The minimum absolute atomic E-state index is 0.272. The molecule has 2 N–H and O–H groups in total. The van der Waals surface area contributed by atoms with Crippen LogP contribution in [0.3, 0.4) is 0 Å². The average Bonchev–Trinajstić information content (AvgIpc) is 2.15. The summed E-state index contributed by atoms with van der Waals surface area (Å²) in [6, 6.07) is 1.92. The number of halogens is 1. The molecule has 1 aromatic heterocycles. The minimum atomic E-state index is 0.272. The van der Waals surface area contributed by atoms with Gasteiger partial charge in [-0.3, -0.25) is 0 Å². The molecule has 1 saturated carbocycles. The Morgan fingerprint density at radius 2 is 2.29 bits per heavy atom. The van der Waals surface area contributed by atoms with Gasteiger partial charge in [-0.1, -0.05) is 11.6 Å². The van der Waals surface area contributed by atoms with Crippen molar-refractivity contribution in [2.45, 2.75) is 24.8 Å². The molecule has 14 heavy (non-hydrogen) atoms. The van der Waals surface area contributed by atoms with Gasteiger partial charge in [0.15, 0.2) is 0 Å². The lowest BCUT2D eigenvalue weighted by Gasteiger charge is -2.46. The Kier molecular flexibility index (Phi) is 1.65. The third kappa shape index (κ3) is 1.16. The van der Waals surface area contributed by atoms with Crippen LogP contribution < -0.4 is 10.6 Å². The zero-order valence-corrected chi connectivity index (χ0v) is 8.56. The molecule has 1 aliphatic carbocycles. The second-order valence-electron chi connectivity index (χ2n) is 4.16. The number of pyridine rings is 1. The van der Waals surface area contributed by atoms with E-state index in [1.807, 2.05) is 6.07 Å². The Balaban J connectivity index is 1.94. The molecule has 4 heteroatoms. The van der Waals surface area contributed by atoms with Gasteiger partial charge in [0.1, 0.15) is 5.82 Å². The van der Waals surface area contributed by atoms with E-state index in [0.717, 1.165) is 18.1 Å². The van der Waals surface area contributed by atoms with Crippen molar-refractivity contribution in [3.8, 4) is 0 Å². The number of nitrogens with zero attached hydrogens (tertiary/aromatic N) is 1. The molecule has 0 aromatic carbocycles. The third-order valence-electron chi connectivity index (χ3n) is 3.17. The Hall–Kier alpha value is -0.960. The molecule has 3 rings (SSSR count). The summed E-state index contributed by atoms with van der Waals surface area (Å²) in [6.07, 6.45) is 5.48. The van der Waals surface area contributed by atoms with Gasteiger partial charge in [0, 0.05) is 12.7 Å². The standard InChI is InChI=1S/C10H12ClN3/c11-7-4-8-9(12-5-7)14-10(6-13-8)2-1-3-10/h4-5,13H,1-3,6H2,(H,12,14). The summed E-state index contributed by atoms with van der Waals surface area (Å²) in [7, 11) is 0. The van der Waals surface area contributed by atoms with Crippen LogP contribution in [0, 0.1) is 0 Å². The zero-order chi connectivity index (χ0) is 9.60. The maximum absolute atomic E-state index is 5.87. The molecular formula is C10H12ClN3. The summed E-state index contributed by atoms with van der Waals surface area (Å²) >= 11 is 5.87. The molecule has 1 fully saturated rings. The van der Waals surface area contributed by atoms with Gasteiger partial charge in [-0.05, 0) is 25.3 Å². The molecule has 74 valence electrons. The van der Waals surface area contributed by atoms with Gasteiger partial charge >= 0.3 is 0 Å². The van der Waals surface area contributed by atoms with Crippen LogP contribution in [0.1, 0.15) is 19.3 Å². The van der Waals surface area contributed by atoms with Gasteiger partial charge in [-0.2, -0.15) is 0 Å². The van der Waals surface area contributed by atoms with E-state index in [1.165, 1.54) is 19.3 Å². The number of fused-ring (bicyclic) bond motifs is 1. The maximum atomic E-state index is 5.87. The summed E-state index contributed by atoms with van der Waals surface area (Å²) < 4.78 is 0. The lowest BCUT2D eigenvalue weighted by molar-refractivity contribution is 0.290. The molecule has 0 atom stereocenters. The van der Waals surface area contributed by atoms with E-state index in [0.29, 0.717) is 5.02 Å². The van der Waals surface area contributed by atoms with Crippen molar-refractivity contribution in [2.75, 3.05) is 17.2 Å². The van der Waals surface area contributed by atoms with E-state index < -0.39 is 0 Å². The highest BCUT2D eigenvalue weighted by atomic mass is 35.5. The predicted molar refractivity (Wildman–Crippen MR) is 57.9 cm³/mol. The first kappa shape index (κ1) is 8.36. The Labute approximate surface area is 87.9 Å². The van der Waals surface area contributed by atoms with Crippen molar-refractivity contribution in [3.63, 3.8) is 0 Å². The van der Waals surface area contributed by atoms with Crippen LogP contribution in [-0.2, 0) is 0 Å². The van der Waals surface area contributed by atoms with Crippen molar-refractivity contribution in [1.82, 2.24) is 4.98 Å². The van der Waals surface area contributed by atoms with E-state index in [2.05, 4.69) is 15.6 Å². The fourth-order valence-corrected chi connectivity index (χ4v) is 2.30. The van der Waals surface area contributed by atoms with Crippen molar-refractivity contribution in [2.24, 2.45) is 0 Å².